The lowest BCUT2D eigenvalue weighted by molar-refractivity contribution is 0.0696. The third kappa shape index (κ3) is 4.44. The summed E-state index contributed by atoms with van der Waals surface area (Å²) in [6.07, 6.45) is 1.05. The number of carboxylic acid groups (broad SMARTS) is 1. The van der Waals surface area contributed by atoms with E-state index in [1.54, 1.807) is 6.07 Å². The van der Waals surface area contributed by atoms with Crippen molar-refractivity contribution in [2.45, 2.75) is 20.3 Å². The summed E-state index contributed by atoms with van der Waals surface area (Å²) >= 11 is 0. The first-order valence-electron chi connectivity index (χ1n) is 5.93. The van der Waals surface area contributed by atoms with Crippen LogP contribution in [0.3, 0.4) is 0 Å². The number of hydrogen-bond acceptors (Lipinski definition) is 3. The molecule has 0 atom stereocenters. The van der Waals surface area contributed by atoms with Crippen molar-refractivity contribution in [3.63, 3.8) is 0 Å². The zero-order chi connectivity index (χ0) is 12.7. The lowest BCUT2D eigenvalue weighted by Gasteiger charge is -2.08. The Morgan fingerprint density at radius 2 is 2.12 bits per heavy atom. The van der Waals surface area contributed by atoms with E-state index in [-0.39, 0.29) is 0 Å². The van der Waals surface area contributed by atoms with Gasteiger partial charge in [0.25, 0.3) is 0 Å². The highest BCUT2D eigenvalue weighted by Gasteiger charge is 2.06. The zero-order valence-electron chi connectivity index (χ0n) is 10.4. The lowest BCUT2D eigenvalue weighted by atomic mass is 10.1. The Kier molecular flexibility index (Phi) is 5.49. The monoisotopic (exact) mass is 236 g/mol. The van der Waals surface area contributed by atoms with Crippen molar-refractivity contribution in [1.29, 1.82) is 0 Å². The lowest BCUT2D eigenvalue weighted by Crippen LogP contribution is -2.17. The molecule has 0 saturated heterocycles. The quantitative estimate of drug-likeness (QED) is 0.634. The summed E-state index contributed by atoms with van der Waals surface area (Å²) in [7, 11) is 0. The molecule has 0 aliphatic rings. The highest BCUT2D eigenvalue weighted by atomic mass is 16.4. The van der Waals surface area contributed by atoms with Crippen molar-refractivity contribution in [2.75, 3.05) is 25.0 Å². The van der Waals surface area contributed by atoms with Crippen LogP contribution in [0, 0.1) is 6.92 Å². The molecule has 0 spiro atoms. The molecule has 0 radical (unpaired) electrons. The van der Waals surface area contributed by atoms with E-state index in [1.165, 1.54) is 0 Å². The molecular weight excluding hydrogens is 216 g/mol. The first kappa shape index (κ1) is 13.5. The van der Waals surface area contributed by atoms with Crippen LogP contribution in [-0.2, 0) is 0 Å². The fourth-order valence-corrected chi connectivity index (χ4v) is 1.64. The Morgan fingerprint density at radius 3 is 2.71 bits per heavy atom. The van der Waals surface area contributed by atoms with E-state index in [1.807, 2.05) is 19.1 Å². The van der Waals surface area contributed by atoms with Gasteiger partial charge in [0.05, 0.1) is 5.56 Å². The maximum Gasteiger partial charge on any atom is 0.335 e. The number of carbonyl (C=O) groups is 1. The van der Waals surface area contributed by atoms with E-state index < -0.39 is 5.97 Å². The Labute approximate surface area is 102 Å². The number of nitrogens with one attached hydrogen (secondary N) is 2. The minimum absolute atomic E-state index is 0.364. The Bertz CT molecular complexity index is 378. The minimum atomic E-state index is -0.874. The molecule has 0 fully saturated rings. The fraction of sp³-hybridized carbons (Fsp3) is 0.462. The van der Waals surface area contributed by atoms with Crippen LogP contribution in [0.25, 0.3) is 0 Å². The van der Waals surface area contributed by atoms with Gasteiger partial charge < -0.3 is 15.7 Å². The van der Waals surface area contributed by atoms with Gasteiger partial charge in [-0.1, -0.05) is 6.92 Å². The van der Waals surface area contributed by atoms with Gasteiger partial charge in [0.15, 0.2) is 0 Å². The van der Waals surface area contributed by atoms with E-state index in [4.69, 9.17) is 5.11 Å². The van der Waals surface area contributed by atoms with Crippen LogP contribution in [-0.4, -0.2) is 30.7 Å². The molecule has 0 bridgehead atoms. The third-order valence-electron chi connectivity index (χ3n) is 2.57. The van der Waals surface area contributed by atoms with E-state index >= 15 is 0 Å². The van der Waals surface area contributed by atoms with Crippen molar-refractivity contribution < 1.29 is 9.90 Å². The first-order chi connectivity index (χ1) is 8.15. The molecule has 1 aromatic rings. The predicted octanol–water partition coefficient (Wildman–Crippen LogP) is 2.10. The van der Waals surface area contributed by atoms with Gasteiger partial charge in [0, 0.05) is 12.2 Å². The van der Waals surface area contributed by atoms with Gasteiger partial charge in [-0.2, -0.15) is 0 Å². The molecular formula is C13H20N2O2. The molecule has 4 heteroatoms. The Hall–Kier alpha value is -1.55. The van der Waals surface area contributed by atoms with Gasteiger partial charge in [-0.25, -0.2) is 4.79 Å². The second-order valence-electron chi connectivity index (χ2n) is 3.97. The average Bonchev–Trinajstić information content (AvgIpc) is 2.28. The highest BCUT2D eigenvalue weighted by Crippen LogP contribution is 2.15. The molecule has 0 heterocycles. The van der Waals surface area contributed by atoms with Crippen molar-refractivity contribution in [3.05, 3.63) is 29.3 Å². The number of aromatic carboxylic acids is 1. The van der Waals surface area contributed by atoms with Crippen LogP contribution < -0.4 is 10.6 Å². The van der Waals surface area contributed by atoms with E-state index in [2.05, 4.69) is 17.6 Å². The number of hydrogen-bond donors (Lipinski definition) is 3. The molecule has 0 aromatic heterocycles. The molecule has 94 valence electrons. The molecule has 1 aromatic carbocycles. The van der Waals surface area contributed by atoms with Crippen LogP contribution in [0.5, 0.6) is 0 Å². The largest absolute Gasteiger partial charge is 0.478 e. The van der Waals surface area contributed by atoms with E-state index in [9.17, 15) is 4.79 Å². The summed E-state index contributed by atoms with van der Waals surface area (Å²) in [5.74, 6) is -0.874. The van der Waals surface area contributed by atoms with Crippen molar-refractivity contribution in [1.82, 2.24) is 5.32 Å². The average molecular weight is 236 g/mol. The van der Waals surface area contributed by atoms with Crippen LogP contribution in [0.4, 0.5) is 5.69 Å². The maximum absolute atomic E-state index is 10.8. The summed E-state index contributed by atoms with van der Waals surface area (Å²) in [6.45, 7) is 6.77. The van der Waals surface area contributed by atoms with Crippen molar-refractivity contribution in [2.24, 2.45) is 0 Å². The second kappa shape index (κ2) is 6.91. The zero-order valence-corrected chi connectivity index (χ0v) is 10.4. The molecule has 0 aliphatic carbocycles. The van der Waals surface area contributed by atoms with E-state index in [0.29, 0.717) is 5.56 Å². The number of aryl methyl sites for hydroxylation is 1. The molecule has 3 N–H and O–H groups in total. The first-order valence-corrected chi connectivity index (χ1v) is 5.93. The summed E-state index contributed by atoms with van der Waals surface area (Å²) in [4.78, 5) is 10.8. The summed E-state index contributed by atoms with van der Waals surface area (Å²) < 4.78 is 0. The van der Waals surface area contributed by atoms with Crippen LogP contribution >= 0.6 is 0 Å². The maximum atomic E-state index is 10.8. The van der Waals surface area contributed by atoms with Gasteiger partial charge in [-0.05, 0) is 50.2 Å². The summed E-state index contributed by atoms with van der Waals surface area (Å²) in [6, 6.07) is 5.32. The predicted molar refractivity (Wildman–Crippen MR) is 69.8 cm³/mol. The molecule has 4 nitrogen and oxygen atoms in total. The minimum Gasteiger partial charge on any atom is -0.478 e. The smallest absolute Gasteiger partial charge is 0.335 e. The van der Waals surface area contributed by atoms with Crippen LogP contribution in [0.1, 0.15) is 29.3 Å². The number of anilines is 1. The normalized spacial score (nSPS) is 10.2. The molecule has 0 amide bonds. The van der Waals surface area contributed by atoms with Gasteiger partial charge in [-0.3, -0.25) is 0 Å². The molecule has 0 unspecified atom stereocenters. The standard InChI is InChI=1S/C13H20N2O2/c1-3-14-7-4-8-15-11-5-6-12(13(16)17)10(2)9-11/h5-6,9,14-15H,3-4,7-8H2,1-2H3,(H,16,17). The number of carboxylic acids is 1. The van der Waals surface area contributed by atoms with Crippen LogP contribution in [0.2, 0.25) is 0 Å². The Morgan fingerprint density at radius 1 is 1.35 bits per heavy atom. The summed E-state index contributed by atoms with van der Waals surface area (Å²) in [5.41, 5.74) is 2.13. The molecule has 0 aliphatic heterocycles. The van der Waals surface area contributed by atoms with Gasteiger partial charge in [0.2, 0.25) is 0 Å². The molecule has 1 rings (SSSR count). The summed E-state index contributed by atoms with van der Waals surface area (Å²) in [5, 5.41) is 15.4. The molecule has 17 heavy (non-hydrogen) atoms. The van der Waals surface area contributed by atoms with Crippen molar-refractivity contribution in [3.8, 4) is 0 Å². The SMILES string of the molecule is CCNCCCNc1ccc(C(=O)O)c(C)c1. The number of rotatable bonds is 7. The van der Waals surface area contributed by atoms with Crippen molar-refractivity contribution >= 4 is 11.7 Å². The van der Waals surface area contributed by atoms with Gasteiger partial charge in [-0.15, -0.1) is 0 Å². The van der Waals surface area contributed by atoms with E-state index in [0.717, 1.165) is 37.3 Å². The van der Waals surface area contributed by atoms with Gasteiger partial charge >= 0.3 is 5.97 Å². The van der Waals surface area contributed by atoms with Crippen LogP contribution in [0.15, 0.2) is 18.2 Å². The number of benzene rings is 1. The molecule has 0 saturated carbocycles. The van der Waals surface area contributed by atoms with Gasteiger partial charge in [0.1, 0.15) is 0 Å². The fourth-order valence-electron chi connectivity index (χ4n) is 1.64. The topological polar surface area (TPSA) is 61.4 Å². The second-order valence-corrected chi connectivity index (χ2v) is 3.97. The highest BCUT2D eigenvalue weighted by molar-refractivity contribution is 5.89. The third-order valence-corrected chi connectivity index (χ3v) is 2.57. The Balaban J connectivity index is 2.45.